The van der Waals surface area contributed by atoms with Crippen LogP contribution in [0.25, 0.3) is 0 Å². The first-order chi connectivity index (χ1) is 10.5. The van der Waals surface area contributed by atoms with Gasteiger partial charge in [0.1, 0.15) is 4.32 Å². The molecular weight excluding hydrogens is 582 g/mol. The van der Waals surface area contributed by atoms with Crippen LogP contribution in [0, 0.1) is 6.92 Å². The van der Waals surface area contributed by atoms with Gasteiger partial charge in [0.05, 0.1) is 24.4 Å². The summed E-state index contributed by atoms with van der Waals surface area (Å²) in [5.41, 5.74) is 1.17. The first-order valence-electron chi connectivity index (χ1n) is 6.33. The lowest BCUT2D eigenvalue weighted by atomic mass is 9.93. The molecule has 2 atom stereocenters. The van der Waals surface area contributed by atoms with Crippen molar-refractivity contribution in [1.29, 1.82) is 0 Å². The van der Waals surface area contributed by atoms with Crippen molar-refractivity contribution in [2.24, 2.45) is 4.40 Å². The van der Waals surface area contributed by atoms with Crippen LogP contribution in [-0.2, 0) is 14.8 Å². The van der Waals surface area contributed by atoms with Gasteiger partial charge in [-0.1, -0.05) is 49.6 Å². The number of carbonyl (C=O) groups is 1. The summed E-state index contributed by atoms with van der Waals surface area (Å²) in [6, 6.07) is 6.43. The first kappa shape index (κ1) is 19.5. The van der Waals surface area contributed by atoms with E-state index < -0.39 is 19.2 Å². The zero-order valence-electron chi connectivity index (χ0n) is 12.0. The highest BCUT2D eigenvalue weighted by Gasteiger charge is 2.47. The largest absolute Gasteiger partial charge is 0.292 e. The van der Waals surface area contributed by atoms with Crippen LogP contribution in [0.1, 0.15) is 12.5 Å². The minimum atomic E-state index is -3.89. The summed E-state index contributed by atoms with van der Waals surface area (Å²) in [6.45, 7) is 3.53. The van der Waals surface area contributed by atoms with E-state index >= 15 is 0 Å². The van der Waals surface area contributed by atoms with Crippen molar-refractivity contribution >= 4 is 85.2 Å². The van der Waals surface area contributed by atoms with Crippen LogP contribution < -0.4 is 0 Å². The summed E-state index contributed by atoms with van der Waals surface area (Å²) in [5, 5.41) is 0. The highest BCUT2D eigenvalue weighted by atomic mass is 79.9. The zero-order valence-corrected chi connectivity index (χ0v) is 19.1. The second kappa shape index (κ2) is 6.82. The Hall–Kier alpha value is 0.170. The minimum Gasteiger partial charge on any atom is -0.292 e. The maximum absolute atomic E-state index is 12.5. The van der Waals surface area contributed by atoms with Gasteiger partial charge in [0.15, 0.2) is 5.78 Å². The number of benzene rings is 1. The molecule has 0 saturated carbocycles. The molecule has 23 heavy (non-hydrogen) atoms. The maximum Gasteiger partial charge on any atom is 0.282 e. The molecule has 0 unspecified atom stereocenters. The van der Waals surface area contributed by atoms with E-state index in [1.165, 1.54) is 12.1 Å². The number of aryl methyl sites for hydroxylation is 1. The fourth-order valence-electron chi connectivity index (χ4n) is 1.89. The summed E-state index contributed by atoms with van der Waals surface area (Å²) in [6.07, 6.45) is 0. The molecule has 0 heterocycles. The topological polar surface area (TPSA) is 63.6 Å². The van der Waals surface area contributed by atoms with E-state index in [9.17, 15) is 13.2 Å². The number of sulfonamides is 1. The van der Waals surface area contributed by atoms with Crippen molar-refractivity contribution in [3.63, 3.8) is 0 Å². The molecule has 0 N–H and O–H groups in total. The number of alkyl halides is 2. The third-order valence-corrected chi connectivity index (χ3v) is 9.49. The predicted octanol–water partition coefficient (Wildman–Crippen LogP) is 4.63. The molecule has 124 valence electrons. The van der Waals surface area contributed by atoms with Gasteiger partial charge in [0.25, 0.3) is 10.0 Å². The molecule has 1 aliphatic rings. The van der Waals surface area contributed by atoms with Gasteiger partial charge < -0.3 is 0 Å². The standard InChI is InChI=1S/C14H11Br4NO3S/c1-7-3-5-8(6-4-7)23(21,22)19-11-9(15)10(16)13(20)14(2,18)12(11)17/h3-6,12H,1-2H3/t12-,14-/m1/s1. The fraction of sp³-hybridized carbons (Fsp3) is 0.286. The van der Waals surface area contributed by atoms with Crippen LogP contribution in [-0.4, -0.2) is 29.1 Å². The summed E-state index contributed by atoms with van der Waals surface area (Å²) in [5.74, 6) is -0.210. The zero-order chi connectivity index (χ0) is 17.6. The van der Waals surface area contributed by atoms with Gasteiger partial charge >= 0.3 is 0 Å². The van der Waals surface area contributed by atoms with Gasteiger partial charge in [0.2, 0.25) is 0 Å². The molecule has 0 aromatic heterocycles. The minimum absolute atomic E-state index is 0.0971. The lowest BCUT2D eigenvalue weighted by molar-refractivity contribution is -0.116. The van der Waals surface area contributed by atoms with E-state index in [4.69, 9.17) is 0 Å². The van der Waals surface area contributed by atoms with Crippen LogP contribution in [0.15, 0.2) is 42.5 Å². The molecule has 9 heteroatoms. The van der Waals surface area contributed by atoms with E-state index in [0.717, 1.165) is 5.56 Å². The van der Waals surface area contributed by atoms with Crippen LogP contribution >= 0.6 is 63.7 Å². The summed E-state index contributed by atoms with van der Waals surface area (Å²) >= 11 is 13.2. The van der Waals surface area contributed by atoms with E-state index in [-0.39, 0.29) is 20.9 Å². The third kappa shape index (κ3) is 3.73. The summed E-state index contributed by atoms with van der Waals surface area (Å²) in [4.78, 5) is 11.8. The second-order valence-electron chi connectivity index (χ2n) is 5.16. The van der Waals surface area contributed by atoms with Crippen LogP contribution in [0.4, 0.5) is 0 Å². The van der Waals surface area contributed by atoms with Gasteiger partial charge in [-0.25, -0.2) is 0 Å². The molecule has 0 saturated heterocycles. The quantitative estimate of drug-likeness (QED) is 0.471. The average Bonchev–Trinajstić information content (AvgIpc) is 2.49. The Bertz CT molecular complexity index is 826. The normalized spacial score (nSPS) is 27.7. The van der Waals surface area contributed by atoms with E-state index in [2.05, 4.69) is 68.1 Å². The van der Waals surface area contributed by atoms with Crippen molar-refractivity contribution in [2.75, 3.05) is 0 Å². The Labute approximate surface area is 168 Å². The molecule has 0 bridgehead atoms. The number of rotatable bonds is 2. The molecule has 0 radical (unpaired) electrons. The number of ketones is 1. The number of hydrogen-bond acceptors (Lipinski definition) is 3. The maximum atomic E-state index is 12.5. The number of nitrogens with zero attached hydrogens (tertiary/aromatic N) is 1. The Morgan fingerprint density at radius 2 is 1.65 bits per heavy atom. The van der Waals surface area contributed by atoms with Crippen molar-refractivity contribution in [3.8, 4) is 0 Å². The Morgan fingerprint density at radius 1 is 1.13 bits per heavy atom. The summed E-state index contributed by atoms with van der Waals surface area (Å²) in [7, 11) is -3.89. The van der Waals surface area contributed by atoms with E-state index in [0.29, 0.717) is 4.48 Å². The lowest BCUT2D eigenvalue weighted by Gasteiger charge is -2.32. The number of halogens is 4. The highest BCUT2D eigenvalue weighted by molar-refractivity contribution is 9.15. The third-order valence-electron chi connectivity index (χ3n) is 3.31. The lowest BCUT2D eigenvalue weighted by Crippen LogP contribution is -2.46. The second-order valence-corrected chi connectivity index (χ2v) is 10.9. The number of allylic oxidation sites excluding steroid dienone is 2. The van der Waals surface area contributed by atoms with Crippen LogP contribution in [0.3, 0.4) is 0 Å². The molecule has 0 amide bonds. The molecule has 4 nitrogen and oxygen atoms in total. The van der Waals surface area contributed by atoms with E-state index in [1.54, 1.807) is 19.1 Å². The van der Waals surface area contributed by atoms with Gasteiger partial charge in [0, 0.05) is 0 Å². The molecule has 1 aromatic rings. The SMILES string of the molecule is Cc1ccc(S(=O)(=O)N=C2C(Br)=C(Br)C(=O)[C@](C)(Br)[C@@H]2Br)cc1. The van der Waals surface area contributed by atoms with E-state index in [1.807, 2.05) is 6.92 Å². The van der Waals surface area contributed by atoms with Gasteiger partial charge in [-0.3, -0.25) is 4.79 Å². The molecule has 0 spiro atoms. The number of carbonyl (C=O) groups excluding carboxylic acids is 1. The van der Waals surface area contributed by atoms with Gasteiger partial charge in [-0.2, -0.15) is 12.8 Å². The molecule has 0 aliphatic heterocycles. The first-order valence-corrected chi connectivity index (χ1v) is 11.1. The van der Waals surface area contributed by atoms with Gasteiger partial charge in [-0.05, 0) is 57.8 Å². The molecular formula is C14H11Br4NO3S. The van der Waals surface area contributed by atoms with Crippen molar-refractivity contribution < 1.29 is 13.2 Å². The Kier molecular flexibility index (Phi) is 5.78. The Morgan fingerprint density at radius 3 is 2.17 bits per heavy atom. The average molecular weight is 593 g/mol. The predicted molar refractivity (Wildman–Crippen MR) is 106 cm³/mol. The molecule has 2 rings (SSSR count). The Balaban J connectivity index is 2.61. The molecule has 0 fully saturated rings. The monoisotopic (exact) mass is 589 g/mol. The smallest absolute Gasteiger partial charge is 0.282 e. The van der Waals surface area contributed by atoms with Crippen LogP contribution in [0.2, 0.25) is 0 Å². The highest BCUT2D eigenvalue weighted by Crippen LogP contribution is 2.43. The fourth-order valence-corrected chi connectivity index (χ4v) is 5.82. The summed E-state index contributed by atoms with van der Waals surface area (Å²) < 4.78 is 28.6. The molecule has 1 aromatic carbocycles. The van der Waals surface area contributed by atoms with Crippen LogP contribution in [0.5, 0.6) is 0 Å². The molecule has 1 aliphatic carbocycles. The van der Waals surface area contributed by atoms with Crippen molar-refractivity contribution in [3.05, 3.63) is 38.8 Å². The number of hydrogen-bond donors (Lipinski definition) is 0. The van der Waals surface area contributed by atoms with Crippen molar-refractivity contribution in [2.45, 2.75) is 27.9 Å². The number of Topliss-reactive ketones (excluding diaryl/α,β-unsaturated/α-hetero) is 1. The van der Waals surface area contributed by atoms with Gasteiger partial charge in [-0.15, -0.1) is 0 Å². The van der Waals surface area contributed by atoms with Crippen molar-refractivity contribution in [1.82, 2.24) is 0 Å².